The summed E-state index contributed by atoms with van der Waals surface area (Å²) in [5.74, 6) is -2.62. The van der Waals surface area contributed by atoms with Gasteiger partial charge in [-0.3, -0.25) is 4.79 Å². The van der Waals surface area contributed by atoms with Crippen molar-refractivity contribution in [2.75, 3.05) is 6.54 Å². The molecule has 1 fully saturated rings. The van der Waals surface area contributed by atoms with Gasteiger partial charge in [0.25, 0.3) is 5.91 Å². The van der Waals surface area contributed by atoms with Crippen LogP contribution in [-0.2, 0) is 6.42 Å². The molecular weight excluding hydrogens is 320 g/mol. The van der Waals surface area contributed by atoms with Crippen molar-refractivity contribution < 1.29 is 13.6 Å². The Morgan fingerprint density at radius 2 is 1.68 bits per heavy atom. The van der Waals surface area contributed by atoms with Crippen LogP contribution in [0.25, 0.3) is 0 Å². The normalized spacial score (nSPS) is 16.4. The Bertz CT molecular complexity index is 724. The lowest BCUT2D eigenvalue weighted by Crippen LogP contribution is -2.40. The summed E-state index contributed by atoms with van der Waals surface area (Å²) in [4.78, 5) is 12.3. The second-order valence-corrected chi connectivity index (χ2v) is 7.01. The van der Waals surface area contributed by atoms with Crippen LogP contribution in [-0.4, -0.2) is 12.5 Å². The van der Waals surface area contributed by atoms with E-state index in [1.54, 1.807) is 0 Å². The molecule has 0 spiro atoms. The summed E-state index contributed by atoms with van der Waals surface area (Å²) < 4.78 is 27.2. The summed E-state index contributed by atoms with van der Waals surface area (Å²) in [6, 6.07) is 13.9. The minimum Gasteiger partial charge on any atom is -0.351 e. The number of carbonyl (C=O) groups is 1. The van der Waals surface area contributed by atoms with Crippen LogP contribution in [0.5, 0.6) is 0 Å². The standard InChI is InChI=1S/C21H23F2NO/c22-18-11-7-10-17(19(18)23)20(25)24-15-21(12-5-2-6-13-21)14-16-8-3-1-4-9-16/h1,3-4,7-11H,2,5-6,12-15H2,(H,24,25). The molecule has 1 N–H and O–H groups in total. The molecule has 0 aromatic heterocycles. The summed E-state index contributed by atoms with van der Waals surface area (Å²) in [6.45, 7) is 0.483. The van der Waals surface area contributed by atoms with Crippen molar-refractivity contribution in [3.05, 3.63) is 71.3 Å². The first kappa shape index (κ1) is 17.6. The highest BCUT2D eigenvalue weighted by molar-refractivity contribution is 5.94. The molecule has 25 heavy (non-hydrogen) atoms. The zero-order valence-corrected chi connectivity index (χ0v) is 14.2. The van der Waals surface area contributed by atoms with Crippen molar-refractivity contribution in [2.45, 2.75) is 38.5 Å². The lowest BCUT2D eigenvalue weighted by Gasteiger charge is -2.37. The fraction of sp³-hybridized carbons (Fsp3) is 0.381. The van der Waals surface area contributed by atoms with Gasteiger partial charge in [0.1, 0.15) is 0 Å². The van der Waals surface area contributed by atoms with Crippen molar-refractivity contribution >= 4 is 5.91 Å². The lowest BCUT2D eigenvalue weighted by atomic mass is 9.70. The highest BCUT2D eigenvalue weighted by Gasteiger charge is 2.33. The van der Waals surface area contributed by atoms with Crippen molar-refractivity contribution in [2.24, 2.45) is 5.41 Å². The molecular formula is C21H23F2NO. The van der Waals surface area contributed by atoms with E-state index in [-0.39, 0.29) is 11.0 Å². The topological polar surface area (TPSA) is 29.1 Å². The fourth-order valence-corrected chi connectivity index (χ4v) is 3.79. The maximum Gasteiger partial charge on any atom is 0.254 e. The third-order valence-electron chi connectivity index (χ3n) is 5.16. The molecule has 0 aliphatic heterocycles. The average molecular weight is 343 g/mol. The van der Waals surface area contributed by atoms with Crippen LogP contribution >= 0.6 is 0 Å². The van der Waals surface area contributed by atoms with Gasteiger partial charge in [-0.05, 0) is 42.4 Å². The monoisotopic (exact) mass is 343 g/mol. The Hall–Kier alpha value is -2.23. The van der Waals surface area contributed by atoms with Gasteiger partial charge in [0.05, 0.1) is 5.56 Å². The summed E-state index contributed by atoms with van der Waals surface area (Å²) in [5.41, 5.74) is 1.00. The van der Waals surface area contributed by atoms with Crippen LogP contribution in [0.15, 0.2) is 48.5 Å². The first-order valence-corrected chi connectivity index (χ1v) is 8.86. The minimum absolute atomic E-state index is 0.0148. The van der Waals surface area contributed by atoms with Gasteiger partial charge in [-0.2, -0.15) is 0 Å². The van der Waals surface area contributed by atoms with Crippen molar-refractivity contribution in [3.8, 4) is 0 Å². The van der Waals surface area contributed by atoms with Crippen LogP contribution in [0.2, 0.25) is 0 Å². The van der Waals surface area contributed by atoms with E-state index in [2.05, 4.69) is 17.4 Å². The highest BCUT2D eigenvalue weighted by Crippen LogP contribution is 2.38. The zero-order chi connectivity index (χ0) is 17.7. The van der Waals surface area contributed by atoms with Crippen LogP contribution in [0, 0.1) is 17.0 Å². The highest BCUT2D eigenvalue weighted by atomic mass is 19.2. The number of rotatable bonds is 5. The Kier molecular flexibility index (Phi) is 5.47. The second kappa shape index (κ2) is 7.77. The molecule has 1 aliphatic carbocycles. The summed E-state index contributed by atoms with van der Waals surface area (Å²) in [6.07, 6.45) is 6.44. The van der Waals surface area contributed by atoms with Gasteiger partial charge < -0.3 is 5.32 Å². The van der Waals surface area contributed by atoms with Crippen molar-refractivity contribution in [1.29, 1.82) is 0 Å². The predicted octanol–water partition coefficient (Wildman–Crippen LogP) is 4.89. The van der Waals surface area contributed by atoms with E-state index >= 15 is 0 Å². The van der Waals surface area contributed by atoms with E-state index in [1.165, 1.54) is 24.1 Å². The molecule has 3 rings (SSSR count). The largest absolute Gasteiger partial charge is 0.351 e. The molecule has 0 radical (unpaired) electrons. The molecule has 2 nitrogen and oxygen atoms in total. The minimum atomic E-state index is -1.08. The van der Waals surface area contributed by atoms with Gasteiger partial charge in [0.15, 0.2) is 11.6 Å². The summed E-state index contributed by atoms with van der Waals surface area (Å²) >= 11 is 0. The maximum absolute atomic E-state index is 13.8. The van der Waals surface area contributed by atoms with E-state index in [1.807, 2.05) is 18.2 Å². The average Bonchev–Trinajstić information content (AvgIpc) is 2.64. The number of hydrogen-bond donors (Lipinski definition) is 1. The fourth-order valence-electron chi connectivity index (χ4n) is 3.79. The first-order chi connectivity index (χ1) is 12.1. The number of benzene rings is 2. The number of amides is 1. The molecule has 2 aromatic carbocycles. The molecule has 1 saturated carbocycles. The molecule has 0 unspecified atom stereocenters. The van der Waals surface area contributed by atoms with E-state index < -0.39 is 17.5 Å². The molecule has 132 valence electrons. The smallest absolute Gasteiger partial charge is 0.254 e. The molecule has 4 heteroatoms. The van der Waals surface area contributed by atoms with Crippen LogP contribution < -0.4 is 5.32 Å². The van der Waals surface area contributed by atoms with Gasteiger partial charge in [-0.25, -0.2) is 8.78 Å². The van der Waals surface area contributed by atoms with Crippen LogP contribution in [0.1, 0.15) is 48.0 Å². The second-order valence-electron chi connectivity index (χ2n) is 7.01. The van der Waals surface area contributed by atoms with Gasteiger partial charge in [-0.1, -0.05) is 55.7 Å². The zero-order valence-electron chi connectivity index (χ0n) is 14.2. The molecule has 0 bridgehead atoms. The Morgan fingerprint density at radius 3 is 2.40 bits per heavy atom. The molecule has 0 saturated heterocycles. The lowest BCUT2D eigenvalue weighted by molar-refractivity contribution is 0.0903. The van der Waals surface area contributed by atoms with Crippen molar-refractivity contribution in [3.63, 3.8) is 0 Å². The van der Waals surface area contributed by atoms with Crippen LogP contribution in [0.3, 0.4) is 0 Å². The Balaban J connectivity index is 1.72. The number of hydrogen-bond acceptors (Lipinski definition) is 1. The summed E-state index contributed by atoms with van der Waals surface area (Å²) in [5, 5.41) is 2.85. The SMILES string of the molecule is O=C(NCC1(Cc2ccccc2)CCCCC1)c1cccc(F)c1F. The first-order valence-electron chi connectivity index (χ1n) is 8.86. The molecule has 0 heterocycles. The Morgan fingerprint density at radius 1 is 0.960 bits per heavy atom. The van der Waals surface area contributed by atoms with Gasteiger partial charge in [0.2, 0.25) is 0 Å². The van der Waals surface area contributed by atoms with Crippen LogP contribution in [0.4, 0.5) is 8.78 Å². The predicted molar refractivity (Wildman–Crippen MR) is 94.4 cm³/mol. The maximum atomic E-state index is 13.8. The summed E-state index contributed by atoms with van der Waals surface area (Å²) in [7, 11) is 0. The van der Waals surface area contributed by atoms with Crippen molar-refractivity contribution in [1.82, 2.24) is 5.32 Å². The quantitative estimate of drug-likeness (QED) is 0.823. The molecule has 0 atom stereocenters. The van der Waals surface area contributed by atoms with E-state index in [4.69, 9.17) is 0 Å². The Labute approximate surface area is 147 Å². The van der Waals surface area contributed by atoms with Gasteiger partial charge in [-0.15, -0.1) is 0 Å². The number of carbonyl (C=O) groups excluding carboxylic acids is 1. The van der Waals surface area contributed by atoms with Gasteiger partial charge >= 0.3 is 0 Å². The molecule has 1 amide bonds. The molecule has 2 aromatic rings. The van der Waals surface area contributed by atoms with E-state index in [0.717, 1.165) is 38.2 Å². The molecule has 1 aliphatic rings. The third kappa shape index (κ3) is 4.25. The number of halogens is 2. The van der Waals surface area contributed by atoms with E-state index in [0.29, 0.717) is 6.54 Å². The third-order valence-corrected chi connectivity index (χ3v) is 5.16. The van der Waals surface area contributed by atoms with Gasteiger partial charge in [0, 0.05) is 6.54 Å². The number of nitrogens with one attached hydrogen (secondary N) is 1. The van der Waals surface area contributed by atoms with E-state index in [9.17, 15) is 13.6 Å².